The molecule has 0 radical (unpaired) electrons. The molecule has 1 unspecified atom stereocenters. The third-order valence-corrected chi connectivity index (χ3v) is 5.17. The molecule has 5 nitrogen and oxygen atoms in total. The highest BCUT2D eigenvalue weighted by Crippen LogP contribution is 2.35. The van der Waals surface area contributed by atoms with Crippen LogP contribution in [-0.2, 0) is 0 Å². The monoisotopic (exact) mass is 290 g/mol. The minimum Gasteiger partial charge on any atom is -0.396 e. The maximum absolute atomic E-state index is 9.76. The lowest BCUT2D eigenvalue weighted by atomic mass is 9.78. The number of piperidine rings is 1. The predicted octanol–water partition coefficient (Wildman–Crippen LogP) is 2.07. The second kappa shape index (κ2) is 6.18. The Hall–Kier alpha value is -1.36. The van der Waals surface area contributed by atoms with Gasteiger partial charge in [-0.3, -0.25) is 0 Å². The van der Waals surface area contributed by atoms with Gasteiger partial charge in [-0.05, 0) is 32.1 Å². The van der Waals surface area contributed by atoms with Crippen LogP contribution < -0.4 is 9.80 Å². The standard InChI is InChI=1S/C16H26N4O/c1-2-16(13-21)6-5-9-20(12-16)15-10-14(11-17-18-15)19-7-3-4-8-19/h10-11,21H,2-9,12-13H2,1H3. The highest BCUT2D eigenvalue weighted by molar-refractivity contribution is 5.54. The molecule has 3 heterocycles. The highest BCUT2D eigenvalue weighted by Gasteiger charge is 2.34. The number of aliphatic hydroxyl groups is 1. The van der Waals surface area contributed by atoms with Gasteiger partial charge in [0.1, 0.15) is 0 Å². The summed E-state index contributed by atoms with van der Waals surface area (Å²) in [7, 11) is 0. The van der Waals surface area contributed by atoms with Crippen molar-refractivity contribution in [2.24, 2.45) is 5.41 Å². The van der Waals surface area contributed by atoms with Crippen molar-refractivity contribution in [1.29, 1.82) is 0 Å². The summed E-state index contributed by atoms with van der Waals surface area (Å²) in [5, 5.41) is 18.3. The van der Waals surface area contributed by atoms with E-state index in [4.69, 9.17) is 0 Å². The predicted molar refractivity (Wildman–Crippen MR) is 84.7 cm³/mol. The first-order valence-electron chi connectivity index (χ1n) is 8.20. The molecule has 116 valence electrons. The topological polar surface area (TPSA) is 52.5 Å². The van der Waals surface area contributed by atoms with E-state index in [2.05, 4.69) is 33.0 Å². The van der Waals surface area contributed by atoms with E-state index < -0.39 is 0 Å². The fraction of sp³-hybridized carbons (Fsp3) is 0.750. The quantitative estimate of drug-likeness (QED) is 0.920. The van der Waals surface area contributed by atoms with Crippen LogP contribution in [0, 0.1) is 5.41 Å². The zero-order chi connectivity index (χ0) is 14.7. The number of hydrogen-bond donors (Lipinski definition) is 1. The summed E-state index contributed by atoms with van der Waals surface area (Å²) in [6.45, 7) is 6.59. The summed E-state index contributed by atoms with van der Waals surface area (Å²) in [5.74, 6) is 0.963. The molecule has 2 saturated heterocycles. The number of aliphatic hydroxyl groups excluding tert-OH is 1. The Morgan fingerprint density at radius 1 is 1.19 bits per heavy atom. The minimum absolute atomic E-state index is 0.0313. The lowest BCUT2D eigenvalue weighted by Crippen LogP contribution is -2.45. The third-order valence-electron chi connectivity index (χ3n) is 5.17. The van der Waals surface area contributed by atoms with Crippen LogP contribution in [0.5, 0.6) is 0 Å². The van der Waals surface area contributed by atoms with Crippen LogP contribution in [0.4, 0.5) is 11.5 Å². The average Bonchev–Trinajstić information content (AvgIpc) is 3.09. The molecule has 0 bridgehead atoms. The first-order valence-corrected chi connectivity index (χ1v) is 8.20. The fourth-order valence-electron chi connectivity index (χ4n) is 3.58. The summed E-state index contributed by atoms with van der Waals surface area (Å²) in [6.07, 6.45) is 7.65. The molecule has 2 aliphatic rings. The van der Waals surface area contributed by atoms with E-state index in [1.165, 1.54) is 18.5 Å². The summed E-state index contributed by atoms with van der Waals surface area (Å²) in [6, 6.07) is 2.17. The van der Waals surface area contributed by atoms with Crippen LogP contribution in [0.2, 0.25) is 0 Å². The van der Waals surface area contributed by atoms with Crippen molar-refractivity contribution in [1.82, 2.24) is 10.2 Å². The smallest absolute Gasteiger partial charge is 0.153 e. The van der Waals surface area contributed by atoms with E-state index in [0.29, 0.717) is 0 Å². The zero-order valence-corrected chi connectivity index (χ0v) is 13.0. The van der Waals surface area contributed by atoms with Crippen LogP contribution in [0.15, 0.2) is 12.3 Å². The largest absolute Gasteiger partial charge is 0.396 e. The van der Waals surface area contributed by atoms with Crippen molar-refractivity contribution < 1.29 is 5.11 Å². The SMILES string of the molecule is CCC1(CO)CCCN(c2cc(N3CCCC3)cnn2)C1. The highest BCUT2D eigenvalue weighted by atomic mass is 16.3. The van der Waals surface area contributed by atoms with E-state index in [9.17, 15) is 5.11 Å². The van der Waals surface area contributed by atoms with Crippen LogP contribution in [-0.4, -0.2) is 48.1 Å². The Balaban J connectivity index is 1.78. The second-order valence-electron chi connectivity index (χ2n) is 6.50. The van der Waals surface area contributed by atoms with Gasteiger partial charge >= 0.3 is 0 Å². The van der Waals surface area contributed by atoms with Gasteiger partial charge in [-0.2, -0.15) is 5.10 Å². The van der Waals surface area contributed by atoms with E-state index >= 15 is 0 Å². The van der Waals surface area contributed by atoms with Gasteiger partial charge in [-0.25, -0.2) is 0 Å². The van der Waals surface area contributed by atoms with Gasteiger partial charge in [0.05, 0.1) is 18.5 Å². The molecule has 5 heteroatoms. The van der Waals surface area contributed by atoms with Crippen LogP contribution in [0.25, 0.3) is 0 Å². The van der Waals surface area contributed by atoms with Crippen LogP contribution in [0.3, 0.4) is 0 Å². The summed E-state index contributed by atoms with van der Waals surface area (Å²) < 4.78 is 0. The molecule has 2 fully saturated rings. The summed E-state index contributed by atoms with van der Waals surface area (Å²) in [5.41, 5.74) is 1.22. The van der Waals surface area contributed by atoms with Crippen molar-refractivity contribution in [3.05, 3.63) is 12.3 Å². The molecule has 1 atom stereocenters. The number of nitrogens with zero attached hydrogens (tertiary/aromatic N) is 4. The van der Waals surface area contributed by atoms with Gasteiger partial charge in [0.25, 0.3) is 0 Å². The first kappa shape index (κ1) is 14.6. The van der Waals surface area contributed by atoms with Crippen molar-refractivity contribution in [2.75, 3.05) is 42.6 Å². The molecule has 0 amide bonds. The van der Waals surface area contributed by atoms with Gasteiger partial charge < -0.3 is 14.9 Å². The van der Waals surface area contributed by atoms with Gasteiger partial charge in [0, 0.05) is 37.7 Å². The van der Waals surface area contributed by atoms with Gasteiger partial charge in [0.15, 0.2) is 5.82 Å². The Morgan fingerprint density at radius 2 is 1.95 bits per heavy atom. The second-order valence-corrected chi connectivity index (χ2v) is 6.50. The minimum atomic E-state index is 0.0313. The molecule has 1 N–H and O–H groups in total. The molecular weight excluding hydrogens is 264 g/mol. The number of anilines is 2. The average molecular weight is 290 g/mol. The van der Waals surface area contributed by atoms with Crippen molar-refractivity contribution in [3.8, 4) is 0 Å². The third kappa shape index (κ3) is 2.98. The van der Waals surface area contributed by atoms with Gasteiger partial charge in [-0.1, -0.05) is 6.92 Å². The Labute approximate surface area is 127 Å². The number of rotatable bonds is 4. The fourth-order valence-corrected chi connectivity index (χ4v) is 3.58. The van der Waals surface area contributed by atoms with Crippen molar-refractivity contribution in [2.45, 2.75) is 39.0 Å². The van der Waals surface area contributed by atoms with Crippen molar-refractivity contribution >= 4 is 11.5 Å². The molecule has 0 aromatic carbocycles. The van der Waals surface area contributed by atoms with E-state index in [0.717, 1.165) is 51.3 Å². The lowest BCUT2D eigenvalue weighted by molar-refractivity contribution is 0.101. The zero-order valence-electron chi connectivity index (χ0n) is 13.0. The first-order chi connectivity index (χ1) is 10.3. The van der Waals surface area contributed by atoms with Gasteiger partial charge in [-0.15, -0.1) is 5.10 Å². The van der Waals surface area contributed by atoms with Gasteiger partial charge in [0.2, 0.25) is 0 Å². The van der Waals surface area contributed by atoms with Crippen LogP contribution in [0.1, 0.15) is 39.0 Å². The van der Waals surface area contributed by atoms with E-state index in [1.807, 2.05) is 6.20 Å². The Morgan fingerprint density at radius 3 is 2.67 bits per heavy atom. The molecule has 3 rings (SSSR count). The summed E-state index contributed by atoms with van der Waals surface area (Å²) in [4.78, 5) is 4.69. The Bertz CT molecular complexity index is 469. The maximum atomic E-state index is 9.76. The lowest BCUT2D eigenvalue weighted by Gasteiger charge is -2.41. The van der Waals surface area contributed by atoms with E-state index in [1.54, 1.807) is 0 Å². The molecule has 21 heavy (non-hydrogen) atoms. The molecule has 1 aromatic rings. The molecule has 2 aliphatic heterocycles. The maximum Gasteiger partial charge on any atom is 0.153 e. The molecular formula is C16H26N4O. The molecule has 0 spiro atoms. The van der Waals surface area contributed by atoms with Crippen LogP contribution >= 0.6 is 0 Å². The summed E-state index contributed by atoms with van der Waals surface area (Å²) >= 11 is 0. The number of aromatic nitrogens is 2. The molecule has 1 aromatic heterocycles. The molecule has 0 saturated carbocycles. The normalized spacial score (nSPS) is 26.4. The Kier molecular flexibility index (Phi) is 4.29. The molecule has 0 aliphatic carbocycles. The number of hydrogen-bond acceptors (Lipinski definition) is 5. The van der Waals surface area contributed by atoms with Crippen molar-refractivity contribution in [3.63, 3.8) is 0 Å². The van der Waals surface area contributed by atoms with E-state index in [-0.39, 0.29) is 12.0 Å².